The zero-order valence-electron chi connectivity index (χ0n) is 10.6. The molecule has 0 aliphatic heterocycles. The van der Waals surface area contributed by atoms with E-state index in [1.165, 1.54) is 4.68 Å². The molecule has 0 fully saturated rings. The van der Waals surface area contributed by atoms with Crippen LogP contribution in [0.1, 0.15) is 24.9 Å². The maximum atomic E-state index is 11.7. The fourth-order valence-corrected chi connectivity index (χ4v) is 2.02. The molecular weight excluding hydrogens is 244 g/mol. The van der Waals surface area contributed by atoms with Crippen LogP contribution in [0.3, 0.4) is 0 Å². The Labute approximate surface area is 109 Å². The van der Waals surface area contributed by atoms with E-state index in [1.54, 1.807) is 6.20 Å². The van der Waals surface area contributed by atoms with Gasteiger partial charge in [0.15, 0.2) is 0 Å². The molecule has 0 aliphatic rings. The number of nitrogens with zero attached hydrogens (tertiary/aromatic N) is 4. The van der Waals surface area contributed by atoms with Crippen LogP contribution in [0.5, 0.6) is 0 Å². The standard InChI is InChI=1S/C13H14N4O2/c1-2-5-12-15-17(13(18)19-12)9-10-8-14-11-6-3-4-7-16(10)11/h3-4,6-8H,2,5,9H2,1H3. The minimum atomic E-state index is -0.422. The van der Waals surface area contributed by atoms with E-state index in [1.807, 2.05) is 35.7 Å². The number of aryl methyl sites for hydroxylation is 1. The van der Waals surface area contributed by atoms with Crippen LogP contribution in [0, 0.1) is 0 Å². The molecule has 0 N–H and O–H groups in total. The number of hydrogen-bond acceptors (Lipinski definition) is 4. The van der Waals surface area contributed by atoms with Crippen LogP contribution < -0.4 is 5.76 Å². The van der Waals surface area contributed by atoms with Crippen LogP contribution in [-0.4, -0.2) is 19.2 Å². The van der Waals surface area contributed by atoms with Crippen molar-refractivity contribution in [2.24, 2.45) is 0 Å². The summed E-state index contributed by atoms with van der Waals surface area (Å²) >= 11 is 0. The molecule has 0 saturated carbocycles. The fourth-order valence-electron chi connectivity index (χ4n) is 2.02. The van der Waals surface area contributed by atoms with Gasteiger partial charge in [0.25, 0.3) is 0 Å². The van der Waals surface area contributed by atoms with E-state index in [0.717, 1.165) is 17.8 Å². The quantitative estimate of drug-likeness (QED) is 0.711. The zero-order chi connectivity index (χ0) is 13.2. The molecule has 0 amide bonds. The number of imidazole rings is 1. The SMILES string of the molecule is CCCc1nn(Cc2cnc3ccccn23)c(=O)o1. The lowest BCUT2D eigenvalue weighted by Gasteiger charge is -1.99. The van der Waals surface area contributed by atoms with Crippen molar-refractivity contribution in [2.45, 2.75) is 26.3 Å². The number of aromatic nitrogens is 4. The van der Waals surface area contributed by atoms with Crippen molar-refractivity contribution in [3.63, 3.8) is 0 Å². The van der Waals surface area contributed by atoms with Crippen molar-refractivity contribution in [3.05, 3.63) is 52.7 Å². The highest BCUT2D eigenvalue weighted by Gasteiger charge is 2.10. The lowest BCUT2D eigenvalue weighted by molar-refractivity contribution is 0.447. The Bertz CT molecular complexity index is 753. The summed E-state index contributed by atoms with van der Waals surface area (Å²) in [5.74, 6) is 0.0654. The van der Waals surface area contributed by atoms with E-state index in [4.69, 9.17) is 4.42 Å². The van der Waals surface area contributed by atoms with E-state index < -0.39 is 5.76 Å². The van der Waals surface area contributed by atoms with Crippen LogP contribution in [-0.2, 0) is 13.0 Å². The molecule has 0 unspecified atom stereocenters. The number of pyridine rings is 1. The third-order valence-electron chi connectivity index (χ3n) is 2.92. The van der Waals surface area contributed by atoms with Crippen molar-refractivity contribution in [1.82, 2.24) is 19.2 Å². The van der Waals surface area contributed by atoms with Crippen molar-refractivity contribution < 1.29 is 4.42 Å². The predicted molar refractivity (Wildman–Crippen MR) is 69.1 cm³/mol. The molecule has 98 valence electrons. The second-order valence-electron chi connectivity index (χ2n) is 4.35. The first-order valence-corrected chi connectivity index (χ1v) is 6.25. The summed E-state index contributed by atoms with van der Waals surface area (Å²) in [6.45, 7) is 2.38. The highest BCUT2D eigenvalue weighted by Crippen LogP contribution is 2.07. The average Bonchev–Trinajstić information content (AvgIpc) is 2.96. The van der Waals surface area contributed by atoms with E-state index in [0.29, 0.717) is 18.9 Å². The van der Waals surface area contributed by atoms with Gasteiger partial charge in [-0.25, -0.2) is 9.78 Å². The molecule has 3 rings (SSSR count). The van der Waals surface area contributed by atoms with Gasteiger partial charge in [0.05, 0.1) is 18.4 Å². The van der Waals surface area contributed by atoms with Gasteiger partial charge >= 0.3 is 5.76 Å². The van der Waals surface area contributed by atoms with Crippen molar-refractivity contribution in [1.29, 1.82) is 0 Å². The summed E-state index contributed by atoms with van der Waals surface area (Å²) in [7, 11) is 0. The Balaban J connectivity index is 1.94. The molecule has 6 nitrogen and oxygen atoms in total. The van der Waals surface area contributed by atoms with Crippen LogP contribution >= 0.6 is 0 Å². The average molecular weight is 258 g/mol. The monoisotopic (exact) mass is 258 g/mol. The van der Waals surface area contributed by atoms with Gasteiger partial charge in [-0.15, -0.1) is 5.10 Å². The minimum absolute atomic E-state index is 0.358. The van der Waals surface area contributed by atoms with Crippen LogP contribution in [0.2, 0.25) is 0 Å². The van der Waals surface area contributed by atoms with Gasteiger partial charge in [-0.2, -0.15) is 4.68 Å². The number of fused-ring (bicyclic) bond motifs is 1. The second-order valence-corrected chi connectivity index (χ2v) is 4.35. The first-order chi connectivity index (χ1) is 9.28. The maximum absolute atomic E-state index is 11.7. The normalized spacial score (nSPS) is 11.2. The Morgan fingerprint density at radius 3 is 3.11 bits per heavy atom. The third-order valence-corrected chi connectivity index (χ3v) is 2.92. The Morgan fingerprint density at radius 2 is 2.26 bits per heavy atom. The van der Waals surface area contributed by atoms with Gasteiger partial charge in [0, 0.05) is 12.6 Å². The number of hydrogen-bond donors (Lipinski definition) is 0. The van der Waals surface area contributed by atoms with Gasteiger partial charge in [0.1, 0.15) is 5.65 Å². The van der Waals surface area contributed by atoms with Crippen molar-refractivity contribution >= 4 is 5.65 Å². The van der Waals surface area contributed by atoms with Crippen molar-refractivity contribution in [2.75, 3.05) is 0 Å². The molecule has 0 bridgehead atoms. The second kappa shape index (κ2) is 4.72. The first kappa shape index (κ1) is 11.7. The van der Waals surface area contributed by atoms with E-state index in [9.17, 15) is 4.79 Å². The highest BCUT2D eigenvalue weighted by atomic mass is 16.4. The van der Waals surface area contributed by atoms with Crippen molar-refractivity contribution in [3.8, 4) is 0 Å². The molecule has 0 spiro atoms. The Hall–Kier alpha value is -2.37. The molecule has 6 heteroatoms. The van der Waals surface area contributed by atoms with Gasteiger partial charge in [-0.3, -0.25) is 0 Å². The molecule has 3 aromatic heterocycles. The fraction of sp³-hybridized carbons (Fsp3) is 0.308. The highest BCUT2D eigenvalue weighted by molar-refractivity contribution is 5.39. The van der Waals surface area contributed by atoms with Crippen LogP contribution in [0.4, 0.5) is 0 Å². The summed E-state index contributed by atoms with van der Waals surface area (Å²) in [6, 6.07) is 5.76. The van der Waals surface area contributed by atoms with Gasteiger partial charge in [0.2, 0.25) is 5.89 Å². The van der Waals surface area contributed by atoms with Gasteiger partial charge < -0.3 is 8.82 Å². The molecule has 3 aromatic rings. The lowest BCUT2D eigenvalue weighted by atomic mass is 10.3. The van der Waals surface area contributed by atoms with E-state index >= 15 is 0 Å². The van der Waals surface area contributed by atoms with Crippen LogP contribution in [0.15, 0.2) is 39.8 Å². The summed E-state index contributed by atoms with van der Waals surface area (Å²) in [4.78, 5) is 16.0. The molecule has 3 heterocycles. The molecule has 0 aliphatic carbocycles. The molecule has 19 heavy (non-hydrogen) atoms. The Morgan fingerprint density at radius 1 is 1.37 bits per heavy atom. The smallest absolute Gasteiger partial charge is 0.392 e. The molecule has 0 atom stereocenters. The maximum Gasteiger partial charge on any atom is 0.437 e. The molecule has 0 aromatic carbocycles. The Kier molecular flexibility index (Phi) is 2.91. The number of rotatable bonds is 4. The first-order valence-electron chi connectivity index (χ1n) is 6.25. The van der Waals surface area contributed by atoms with E-state index in [-0.39, 0.29) is 0 Å². The largest absolute Gasteiger partial charge is 0.437 e. The third kappa shape index (κ3) is 2.16. The van der Waals surface area contributed by atoms with E-state index in [2.05, 4.69) is 10.1 Å². The summed E-state index contributed by atoms with van der Waals surface area (Å²) in [6.07, 6.45) is 5.23. The predicted octanol–water partition coefficient (Wildman–Crippen LogP) is 1.48. The summed E-state index contributed by atoms with van der Waals surface area (Å²) in [5.41, 5.74) is 1.75. The minimum Gasteiger partial charge on any atom is -0.392 e. The molecular formula is C13H14N4O2. The zero-order valence-corrected chi connectivity index (χ0v) is 10.6. The topological polar surface area (TPSA) is 65.3 Å². The summed E-state index contributed by atoms with van der Waals surface area (Å²) in [5, 5.41) is 4.18. The summed E-state index contributed by atoms with van der Waals surface area (Å²) < 4.78 is 8.35. The lowest BCUT2D eigenvalue weighted by Crippen LogP contribution is -2.17. The van der Waals surface area contributed by atoms with Gasteiger partial charge in [-0.1, -0.05) is 13.0 Å². The molecule has 0 radical (unpaired) electrons. The van der Waals surface area contributed by atoms with Crippen LogP contribution in [0.25, 0.3) is 5.65 Å². The molecule has 0 saturated heterocycles. The van der Waals surface area contributed by atoms with Gasteiger partial charge in [-0.05, 0) is 18.6 Å².